The van der Waals surface area contributed by atoms with Crippen molar-refractivity contribution in [3.05, 3.63) is 52.2 Å². The van der Waals surface area contributed by atoms with Gasteiger partial charge in [0.2, 0.25) is 16.5 Å². The van der Waals surface area contributed by atoms with E-state index < -0.39 is 11.4 Å². The maximum Gasteiger partial charge on any atom is 0.341 e. The second-order valence-electron chi connectivity index (χ2n) is 8.86. The number of carbonyl (C=O) groups is 2. The molecular formula is C23H23N7O4S. The van der Waals surface area contributed by atoms with Crippen LogP contribution in [-0.2, 0) is 4.79 Å². The number of carbonyl (C=O) groups excluding carboxylic acids is 1. The lowest BCUT2D eigenvalue weighted by atomic mass is 9.92. The van der Waals surface area contributed by atoms with E-state index in [9.17, 15) is 19.5 Å². The zero-order chi connectivity index (χ0) is 24.9. The number of hydrogen-bond acceptors (Lipinski definition) is 9. The van der Waals surface area contributed by atoms with Gasteiger partial charge in [-0.3, -0.25) is 14.2 Å². The summed E-state index contributed by atoms with van der Waals surface area (Å²) in [5, 5.41) is 13.1. The Morgan fingerprint density at radius 1 is 1.26 bits per heavy atom. The van der Waals surface area contributed by atoms with E-state index in [2.05, 4.69) is 31.6 Å². The molecule has 2 unspecified atom stereocenters. The first-order chi connectivity index (χ1) is 16.7. The summed E-state index contributed by atoms with van der Waals surface area (Å²) in [6.07, 6.45) is 6.33. The van der Waals surface area contributed by atoms with Gasteiger partial charge in [0.25, 0.3) is 0 Å². The second-order valence-corrected chi connectivity index (χ2v) is 9.62. The number of carboxylic acids is 1. The summed E-state index contributed by atoms with van der Waals surface area (Å²) in [6.45, 7) is 6.80. The highest BCUT2D eigenvalue weighted by atomic mass is 32.1. The van der Waals surface area contributed by atoms with Gasteiger partial charge in [-0.25, -0.2) is 19.8 Å². The van der Waals surface area contributed by atoms with Crippen molar-refractivity contribution in [3.63, 3.8) is 0 Å². The minimum atomic E-state index is -1.32. The van der Waals surface area contributed by atoms with E-state index in [1.807, 2.05) is 17.9 Å². The maximum absolute atomic E-state index is 12.9. The fourth-order valence-electron chi connectivity index (χ4n) is 4.21. The van der Waals surface area contributed by atoms with Gasteiger partial charge in [-0.15, -0.1) is 0 Å². The molecule has 5 rings (SSSR count). The van der Waals surface area contributed by atoms with E-state index in [0.29, 0.717) is 47.0 Å². The quantitative estimate of drug-likeness (QED) is 0.562. The van der Waals surface area contributed by atoms with Crippen LogP contribution in [0.4, 0.5) is 5.82 Å². The number of aliphatic imine (C=N–C) groups is 1. The Kier molecular flexibility index (Phi) is 5.67. The van der Waals surface area contributed by atoms with Crippen LogP contribution in [0.3, 0.4) is 0 Å². The van der Waals surface area contributed by atoms with Crippen LogP contribution < -0.4 is 15.6 Å². The summed E-state index contributed by atoms with van der Waals surface area (Å²) in [5.41, 5.74) is -0.0763. The molecule has 12 heteroatoms. The molecule has 1 saturated heterocycles. The van der Waals surface area contributed by atoms with Gasteiger partial charge in [0.1, 0.15) is 23.5 Å². The molecule has 2 N–H and O–H groups in total. The predicted molar refractivity (Wildman–Crippen MR) is 131 cm³/mol. The van der Waals surface area contributed by atoms with Crippen LogP contribution in [0.25, 0.3) is 16.2 Å². The fraction of sp³-hybridized carbons (Fsp3) is 0.348. The van der Waals surface area contributed by atoms with Gasteiger partial charge in [-0.2, -0.15) is 4.37 Å². The van der Waals surface area contributed by atoms with Crippen LogP contribution >= 0.6 is 11.5 Å². The molecule has 11 nitrogen and oxygen atoms in total. The SMILES string of the molecule is Cc1cc(N2CC(C(=O)NC3=NC=CC(C)C3C)C2)nc2c1c(=O)c(C(=O)O)cn2-c1ncns1. The number of hydrogen-bond donors (Lipinski definition) is 2. The number of nitrogens with zero attached hydrogens (tertiary/aromatic N) is 6. The van der Waals surface area contributed by atoms with Crippen LogP contribution in [0, 0.1) is 24.7 Å². The molecule has 2 aliphatic rings. The van der Waals surface area contributed by atoms with E-state index in [0.717, 1.165) is 11.5 Å². The van der Waals surface area contributed by atoms with E-state index in [4.69, 9.17) is 0 Å². The molecule has 5 heterocycles. The third-order valence-electron chi connectivity index (χ3n) is 6.58. The number of aryl methyl sites for hydroxylation is 1. The highest BCUT2D eigenvalue weighted by Gasteiger charge is 2.35. The third kappa shape index (κ3) is 3.99. The van der Waals surface area contributed by atoms with Crippen molar-refractivity contribution in [1.82, 2.24) is 24.2 Å². The number of carboxylic acid groups (broad SMARTS) is 1. The van der Waals surface area contributed by atoms with E-state index in [-0.39, 0.29) is 28.7 Å². The molecule has 0 aliphatic carbocycles. The number of allylic oxidation sites excluding steroid dienone is 1. The van der Waals surface area contributed by atoms with E-state index >= 15 is 0 Å². The molecule has 0 spiro atoms. The maximum atomic E-state index is 12.9. The number of fused-ring (bicyclic) bond motifs is 1. The highest BCUT2D eigenvalue weighted by Crippen LogP contribution is 2.28. The molecule has 0 bridgehead atoms. The minimum absolute atomic E-state index is 0.0799. The summed E-state index contributed by atoms with van der Waals surface area (Å²) in [5.74, 6) is 0.0954. The summed E-state index contributed by atoms with van der Waals surface area (Å²) in [7, 11) is 0. The van der Waals surface area contributed by atoms with Crippen LogP contribution in [0.15, 0.2) is 40.7 Å². The number of anilines is 1. The van der Waals surface area contributed by atoms with Crippen molar-refractivity contribution in [3.8, 4) is 5.13 Å². The molecule has 1 amide bonds. The number of aromatic nitrogens is 4. The fourth-order valence-corrected chi connectivity index (χ4v) is 4.72. The summed E-state index contributed by atoms with van der Waals surface area (Å²) < 4.78 is 5.47. The molecule has 3 aromatic rings. The van der Waals surface area contributed by atoms with Crippen LogP contribution in [0.2, 0.25) is 0 Å². The standard InChI is InChI=1S/C23H23N7O4S/c1-11-4-5-24-19(13(11)3)28-21(32)14-7-29(8-14)16-6-12(2)17-18(31)15(22(33)34)9-30(20(17)27-16)23-25-10-26-35-23/h4-6,9-11,13-14H,7-8H2,1-3H3,(H,33,34)(H,24,28,32). The first-order valence-electron chi connectivity index (χ1n) is 11.1. The van der Waals surface area contributed by atoms with Crippen molar-refractivity contribution < 1.29 is 14.7 Å². The van der Waals surface area contributed by atoms with Gasteiger partial charge in [0.15, 0.2) is 5.65 Å². The molecule has 180 valence electrons. The smallest absolute Gasteiger partial charge is 0.341 e. The van der Waals surface area contributed by atoms with Gasteiger partial charge in [-0.1, -0.05) is 19.9 Å². The Labute approximate surface area is 204 Å². The first-order valence-corrected chi connectivity index (χ1v) is 11.9. The monoisotopic (exact) mass is 493 g/mol. The zero-order valence-corrected chi connectivity index (χ0v) is 20.1. The first kappa shape index (κ1) is 22.8. The van der Waals surface area contributed by atoms with Crippen molar-refractivity contribution in [2.45, 2.75) is 20.8 Å². The predicted octanol–water partition coefficient (Wildman–Crippen LogP) is 1.99. The van der Waals surface area contributed by atoms with Crippen molar-refractivity contribution in [2.75, 3.05) is 18.0 Å². The van der Waals surface area contributed by atoms with Crippen molar-refractivity contribution >= 4 is 46.1 Å². The third-order valence-corrected chi connectivity index (χ3v) is 7.24. The van der Waals surface area contributed by atoms with E-state index in [1.54, 1.807) is 19.2 Å². The lowest BCUT2D eigenvalue weighted by Gasteiger charge is -2.39. The Bertz CT molecular complexity index is 1450. The lowest BCUT2D eigenvalue weighted by molar-refractivity contribution is -0.124. The van der Waals surface area contributed by atoms with Crippen LogP contribution in [0.1, 0.15) is 29.8 Å². The average Bonchev–Trinajstić information content (AvgIpc) is 3.30. The lowest BCUT2D eigenvalue weighted by Crippen LogP contribution is -2.55. The largest absolute Gasteiger partial charge is 0.477 e. The molecule has 3 aromatic heterocycles. The van der Waals surface area contributed by atoms with E-state index in [1.165, 1.54) is 17.1 Å². The highest BCUT2D eigenvalue weighted by molar-refractivity contribution is 7.08. The summed E-state index contributed by atoms with van der Waals surface area (Å²) >= 11 is 1.06. The Morgan fingerprint density at radius 2 is 2.03 bits per heavy atom. The molecule has 2 atom stereocenters. The number of pyridine rings is 2. The topological polar surface area (TPSA) is 143 Å². The molecule has 1 fully saturated rings. The molecule has 2 aliphatic heterocycles. The van der Waals surface area contributed by atoms with Gasteiger partial charge in [-0.05, 0) is 24.5 Å². The molecule has 0 aromatic carbocycles. The second kappa shape index (κ2) is 8.69. The number of amides is 1. The summed E-state index contributed by atoms with van der Waals surface area (Å²) in [4.78, 5) is 52.5. The van der Waals surface area contributed by atoms with Crippen LogP contribution in [0.5, 0.6) is 0 Å². The zero-order valence-electron chi connectivity index (χ0n) is 19.3. The molecular weight excluding hydrogens is 470 g/mol. The van der Waals surface area contributed by atoms with Crippen molar-refractivity contribution in [1.29, 1.82) is 0 Å². The number of amidine groups is 1. The Balaban J connectivity index is 1.43. The van der Waals surface area contributed by atoms with Gasteiger partial charge in [0, 0.05) is 42.9 Å². The number of nitrogens with one attached hydrogen (secondary N) is 1. The molecule has 0 saturated carbocycles. The van der Waals surface area contributed by atoms with Crippen LogP contribution in [-0.4, -0.2) is 54.8 Å². The number of aromatic carboxylic acids is 1. The normalized spacial score (nSPS) is 20.0. The van der Waals surface area contributed by atoms with Gasteiger partial charge >= 0.3 is 5.97 Å². The summed E-state index contributed by atoms with van der Waals surface area (Å²) in [6, 6.07) is 1.74. The van der Waals surface area contributed by atoms with Gasteiger partial charge < -0.3 is 15.3 Å². The minimum Gasteiger partial charge on any atom is -0.477 e. The average molecular weight is 494 g/mol. The Hall–Kier alpha value is -3.93. The van der Waals surface area contributed by atoms with Gasteiger partial charge in [0.05, 0.1) is 11.3 Å². The molecule has 0 radical (unpaired) electrons. The van der Waals surface area contributed by atoms with Crippen molar-refractivity contribution in [2.24, 2.45) is 22.7 Å². The number of rotatable bonds is 4. The molecule has 35 heavy (non-hydrogen) atoms. The Morgan fingerprint density at radius 3 is 2.71 bits per heavy atom.